The minimum absolute atomic E-state index is 0.0208. The molecular weight excluding hydrogens is 157 g/mol. The predicted molar refractivity (Wildman–Crippen MR) is 47.0 cm³/mol. The van der Waals surface area contributed by atoms with Crippen molar-refractivity contribution in [1.29, 1.82) is 0 Å². The van der Waals surface area contributed by atoms with Crippen molar-refractivity contribution < 1.29 is 9.13 Å². The van der Waals surface area contributed by atoms with Gasteiger partial charge in [0.1, 0.15) is 6.67 Å². The van der Waals surface area contributed by atoms with Crippen molar-refractivity contribution in [2.24, 2.45) is 0 Å². The topological polar surface area (TPSA) is 12.5 Å². The van der Waals surface area contributed by atoms with E-state index in [1.807, 2.05) is 0 Å². The van der Waals surface area contributed by atoms with E-state index in [0.717, 1.165) is 19.6 Å². The second-order valence-corrected chi connectivity index (χ2v) is 3.57. The number of nitrogens with zero attached hydrogens (tertiary/aromatic N) is 1. The van der Waals surface area contributed by atoms with Crippen LogP contribution in [0.5, 0.6) is 0 Å². The molecule has 0 bridgehead atoms. The SMILES string of the molecule is CC(C)N1CCCOCC1CF. The van der Waals surface area contributed by atoms with Crippen LogP contribution < -0.4 is 0 Å². The van der Waals surface area contributed by atoms with Gasteiger partial charge in [-0.25, -0.2) is 4.39 Å². The van der Waals surface area contributed by atoms with E-state index in [1.165, 1.54) is 0 Å². The molecule has 0 aliphatic carbocycles. The highest BCUT2D eigenvalue weighted by atomic mass is 19.1. The maximum Gasteiger partial charge on any atom is 0.107 e. The Morgan fingerprint density at radius 1 is 1.58 bits per heavy atom. The summed E-state index contributed by atoms with van der Waals surface area (Å²) in [6, 6.07) is 0.403. The lowest BCUT2D eigenvalue weighted by molar-refractivity contribution is 0.0727. The molecule has 12 heavy (non-hydrogen) atoms. The van der Waals surface area contributed by atoms with E-state index in [1.54, 1.807) is 0 Å². The molecule has 0 aromatic rings. The van der Waals surface area contributed by atoms with Crippen molar-refractivity contribution in [2.45, 2.75) is 32.4 Å². The Labute approximate surface area is 73.7 Å². The molecule has 72 valence electrons. The van der Waals surface area contributed by atoms with Crippen LogP contribution >= 0.6 is 0 Å². The molecule has 1 saturated heterocycles. The molecule has 1 heterocycles. The standard InChI is InChI=1S/C9H18FNO/c1-8(2)11-4-3-5-12-7-9(11)6-10/h8-9H,3-7H2,1-2H3. The summed E-state index contributed by atoms with van der Waals surface area (Å²) in [6.45, 7) is 6.21. The van der Waals surface area contributed by atoms with E-state index < -0.39 is 0 Å². The van der Waals surface area contributed by atoms with Gasteiger partial charge in [-0.1, -0.05) is 0 Å². The van der Waals surface area contributed by atoms with E-state index in [4.69, 9.17) is 4.74 Å². The first-order valence-electron chi connectivity index (χ1n) is 4.65. The van der Waals surface area contributed by atoms with Crippen LogP contribution in [-0.4, -0.2) is 43.4 Å². The van der Waals surface area contributed by atoms with Gasteiger partial charge in [0, 0.05) is 19.2 Å². The van der Waals surface area contributed by atoms with Crippen molar-refractivity contribution in [2.75, 3.05) is 26.4 Å². The molecule has 0 spiro atoms. The van der Waals surface area contributed by atoms with Crippen LogP contribution in [0, 0.1) is 0 Å². The Hall–Kier alpha value is -0.150. The molecule has 0 radical (unpaired) electrons. The van der Waals surface area contributed by atoms with Gasteiger partial charge in [-0.15, -0.1) is 0 Å². The van der Waals surface area contributed by atoms with Crippen LogP contribution in [0.1, 0.15) is 20.3 Å². The summed E-state index contributed by atoms with van der Waals surface area (Å²) in [4.78, 5) is 2.19. The second kappa shape index (κ2) is 4.77. The van der Waals surface area contributed by atoms with E-state index in [9.17, 15) is 4.39 Å². The molecular formula is C9H18FNO. The van der Waals surface area contributed by atoms with E-state index in [0.29, 0.717) is 12.6 Å². The fraction of sp³-hybridized carbons (Fsp3) is 1.00. The van der Waals surface area contributed by atoms with Crippen molar-refractivity contribution in [3.8, 4) is 0 Å². The zero-order valence-corrected chi connectivity index (χ0v) is 7.92. The Morgan fingerprint density at radius 2 is 2.33 bits per heavy atom. The quantitative estimate of drug-likeness (QED) is 0.630. The van der Waals surface area contributed by atoms with Gasteiger partial charge >= 0.3 is 0 Å². The smallest absolute Gasteiger partial charge is 0.107 e. The van der Waals surface area contributed by atoms with Crippen molar-refractivity contribution in [3.05, 3.63) is 0 Å². The summed E-state index contributed by atoms with van der Waals surface area (Å²) in [6.07, 6.45) is 1.02. The monoisotopic (exact) mass is 175 g/mol. The molecule has 1 rings (SSSR count). The molecule has 1 fully saturated rings. The van der Waals surface area contributed by atoms with Gasteiger partial charge < -0.3 is 4.74 Å². The third-order valence-corrected chi connectivity index (χ3v) is 2.33. The lowest BCUT2D eigenvalue weighted by atomic mass is 10.2. The minimum atomic E-state index is -0.293. The van der Waals surface area contributed by atoms with Gasteiger partial charge in [0.15, 0.2) is 0 Å². The zero-order valence-electron chi connectivity index (χ0n) is 7.92. The first-order valence-corrected chi connectivity index (χ1v) is 4.65. The first kappa shape index (κ1) is 9.93. The normalized spacial score (nSPS) is 27.5. The molecule has 0 amide bonds. The maximum atomic E-state index is 12.5. The van der Waals surface area contributed by atoms with Crippen LogP contribution in [0.15, 0.2) is 0 Å². The fourth-order valence-electron chi connectivity index (χ4n) is 1.66. The number of alkyl halides is 1. The van der Waals surface area contributed by atoms with Gasteiger partial charge in [-0.3, -0.25) is 4.90 Å². The van der Waals surface area contributed by atoms with Crippen molar-refractivity contribution in [1.82, 2.24) is 4.90 Å². The average molecular weight is 175 g/mol. The van der Waals surface area contributed by atoms with Crippen LogP contribution in [0.2, 0.25) is 0 Å². The number of rotatable bonds is 2. The minimum Gasteiger partial charge on any atom is -0.380 e. The van der Waals surface area contributed by atoms with Gasteiger partial charge in [-0.05, 0) is 20.3 Å². The number of halogens is 1. The fourth-order valence-corrected chi connectivity index (χ4v) is 1.66. The Kier molecular flexibility index (Phi) is 3.95. The van der Waals surface area contributed by atoms with Crippen LogP contribution in [-0.2, 0) is 4.74 Å². The van der Waals surface area contributed by atoms with Gasteiger partial charge in [0.25, 0.3) is 0 Å². The van der Waals surface area contributed by atoms with Crippen LogP contribution in [0.3, 0.4) is 0 Å². The highest BCUT2D eigenvalue weighted by Crippen LogP contribution is 2.11. The van der Waals surface area contributed by atoms with Crippen molar-refractivity contribution >= 4 is 0 Å². The summed E-state index contributed by atoms with van der Waals surface area (Å²) in [7, 11) is 0. The molecule has 1 atom stereocenters. The summed E-state index contributed by atoms with van der Waals surface area (Å²) in [5, 5.41) is 0. The third-order valence-electron chi connectivity index (χ3n) is 2.33. The number of ether oxygens (including phenoxy) is 1. The summed E-state index contributed by atoms with van der Waals surface area (Å²) < 4.78 is 17.8. The van der Waals surface area contributed by atoms with Gasteiger partial charge in [0.05, 0.1) is 12.6 Å². The van der Waals surface area contributed by atoms with E-state index >= 15 is 0 Å². The van der Waals surface area contributed by atoms with Gasteiger partial charge in [0.2, 0.25) is 0 Å². The average Bonchev–Trinajstić information content (AvgIpc) is 2.27. The molecule has 0 saturated carbocycles. The third kappa shape index (κ3) is 2.42. The predicted octanol–water partition coefficient (Wildman–Crippen LogP) is 1.46. The molecule has 0 aromatic carbocycles. The Morgan fingerprint density at radius 3 is 2.92 bits per heavy atom. The molecule has 1 aliphatic rings. The summed E-state index contributed by atoms with van der Waals surface area (Å²) in [5.74, 6) is 0. The van der Waals surface area contributed by atoms with Crippen LogP contribution in [0.4, 0.5) is 4.39 Å². The Balaban J connectivity index is 2.51. The maximum absolute atomic E-state index is 12.5. The molecule has 1 aliphatic heterocycles. The largest absolute Gasteiger partial charge is 0.380 e. The first-order chi connectivity index (χ1) is 5.75. The lowest BCUT2D eigenvalue weighted by Gasteiger charge is -2.30. The number of hydrogen-bond donors (Lipinski definition) is 0. The molecule has 0 N–H and O–H groups in total. The molecule has 0 aromatic heterocycles. The lowest BCUT2D eigenvalue weighted by Crippen LogP contribution is -2.43. The summed E-state index contributed by atoms with van der Waals surface area (Å²) >= 11 is 0. The molecule has 2 nitrogen and oxygen atoms in total. The Bertz CT molecular complexity index is 130. The van der Waals surface area contributed by atoms with Crippen LogP contribution in [0.25, 0.3) is 0 Å². The highest BCUT2D eigenvalue weighted by molar-refractivity contribution is 4.75. The molecule has 3 heteroatoms. The second-order valence-electron chi connectivity index (χ2n) is 3.57. The molecule has 1 unspecified atom stereocenters. The van der Waals surface area contributed by atoms with E-state index in [2.05, 4.69) is 18.7 Å². The van der Waals surface area contributed by atoms with Gasteiger partial charge in [-0.2, -0.15) is 0 Å². The van der Waals surface area contributed by atoms with Crippen molar-refractivity contribution in [3.63, 3.8) is 0 Å². The number of hydrogen-bond acceptors (Lipinski definition) is 2. The zero-order chi connectivity index (χ0) is 8.97. The van der Waals surface area contributed by atoms with E-state index in [-0.39, 0.29) is 12.7 Å². The highest BCUT2D eigenvalue weighted by Gasteiger charge is 2.23. The summed E-state index contributed by atoms with van der Waals surface area (Å²) in [5.41, 5.74) is 0.